The highest BCUT2D eigenvalue weighted by molar-refractivity contribution is 5.99. The molecule has 0 saturated heterocycles. The third-order valence-corrected chi connectivity index (χ3v) is 3.56. The van der Waals surface area contributed by atoms with Crippen molar-refractivity contribution in [3.05, 3.63) is 65.2 Å². The summed E-state index contributed by atoms with van der Waals surface area (Å²) < 4.78 is 11.4. The molecule has 0 saturated carbocycles. The minimum Gasteiger partial charge on any atom is -0.497 e. The molecular weight excluding hydrogens is 274 g/mol. The zero-order valence-corrected chi connectivity index (χ0v) is 13.5. The zero-order valence-electron chi connectivity index (χ0n) is 13.5. The van der Waals surface area contributed by atoms with Crippen LogP contribution in [0.5, 0.6) is 5.75 Å². The number of methoxy groups -OCH3 is 1. The summed E-state index contributed by atoms with van der Waals surface area (Å²) in [7, 11) is 1.67. The Morgan fingerprint density at radius 3 is 2.32 bits per heavy atom. The molecule has 0 radical (unpaired) electrons. The number of fused-ring (bicyclic) bond motifs is 1. The maximum absolute atomic E-state index is 6.18. The molecule has 0 aliphatic carbocycles. The van der Waals surface area contributed by atoms with E-state index < -0.39 is 0 Å². The molecule has 0 N–H and O–H groups in total. The van der Waals surface area contributed by atoms with Crippen molar-refractivity contribution in [3.8, 4) is 5.75 Å². The summed E-state index contributed by atoms with van der Waals surface area (Å²) in [4.78, 5) is 4.73. The largest absolute Gasteiger partial charge is 0.497 e. The van der Waals surface area contributed by atoms with Gasteiger partial charge in [0.25, 0.3) is 0 Å². The summed E-state index contributed by atoms with van der Waals surface area (Å²) in [5.74, 6) is 1.57. The van der Waals surface area contributed by atoms with Gasteiger partial charge in [-0.1, -0.05) is 30.3 Å². The van der Waals surface area contributed by atoms with E-state index in [1.807, 2.05) is 36.4 Å². The van der Waals surface area contributed by atoms with Crippen LogP contribution in [0.15, 0.2) is 53.5 Å². The second-order valence-corrected chi connectivity index (χ2v) is 6.45. The molecule has 0 bridgehead atoms. The number of rotatable bonds is 2. The van der Waals surface area contributed by atoms with Crippen molar-refractivity contribution >= 4 is 5.90 Å². The van der Waals surface area contributed by atoms with E-state index in [4.69, 9.17) is 14.5 Å². The molecule has 114 valence electrons. The molecule has 0 aromatic heterocycles. The normalized spacial score (nSPS) is 18.9. The lowest BCUT2D eigenvalue weighted by Gasteiger charge is -2.15. The predicted molar refractivity (Wildman–Crippen MR) is 88.7 cm³/mol. The fourth-order valence-electron chi connectivity index (χ4n) is 2.58. The summed E-state index contributed by atoms with van der Waals surface area (Å²) in [6.45, 7) is 6.23. The standard InChI is InChI=1S/C19H21NO2/c1-19(2,3)20-18-16-8-6-5-7-15(16)17(22-18)13-9-11-14(21-4)12-10-13/h5-12,17H,1-4H3. The Morgan fingerprint density at radius 1 is 1.00 bits per heavy atom. The van der Waals surface area contributed by atoms with Crippen LogP contribution in [0.1, 0.15) is 43.6 Å². The Bertz CT molecular complexity index is 696. The van der Waals surface area contributed by atoms with E-state index in [0.717, 1.165) is 28.3 Å². The fourth-order valence-corrected chi connectivity index (χ4v) is 2.58. The van der Waals surface area contributed by atoms with Crippen molar-refractivity contribution in [1.82, 2.24) is 0 Å². The molecule has 1 atom stereocenters. The first-order chi connectivity index (χ1) is 10.5. The van der Waals surface area contributed by atoms with E-state index in [2.05, 4.69) is 32.9 Å². The number of hydrogen-bond acceptors (Lipinski definition) is 3. The van der Waals surface area contributed by atoms with Crippen LogP contribution < -0.4 is 4.74 Å². The van der Waals surface area contributed by atoms with Gasteiger partial charge in [0, 0.05) is 11.1 Å². The van der Waals surface area contributed by atoms with E-state index in [1.165, 1.54) is 0 Å². The molecule has 3 heteroatoms. The minimum absolute atomic E-state index is 0.108. The van der Waals surface area contributed by atoms with E-state index in [0.29, 0.717) is 0 Å². The summed E-state index contributed by atoms with van der Waals surface area (Å²) >= 11 is 0. The minimum atomic E-state index is -0.169. The first-order valence-corrected chi connectivity index (χ1v) is 7.48. The number of benzene rings is 2. The number of hydrogen-bond donors (Lipinski definition) is 0. The van der Waals surface area contributed by atoms with Gasteiger partial charge in [0.1, 0.15) is 5.75 Å². The van der Waals surface area contributed by atoms with Crippen LogP contribution in [0, 0.1) is 0 Å². The van der Waals surface area contributed by atoms with Crippen LogP contribution in [0.2, 0.25) is 0 Å². The third kappa shape index (κ3) is 2.84. The van der Waals surface area contributed by atoms with E-state index in [1.54, 1.807) is 7.11 Å². The van der Waals surface area contributed by atoms with Gasteiger partial charge in [-0.3, -0.25) is 0 Å². The summed E-state index contributed by atoms with van der Waals surface area (Å²) in [5.41, 5.74) is 3.18. The lowest BCUT2D eigenvalue weighted by molar-refractivity contribution is 0.248. The van der Waals surface area contributed by atoms with E-state index in [9.17, 15) is 0 Å². The Kier molecular flexibility index (Phi) is 3.65. The molecule has 2 aromatic rings. The topological polar surface area (TPSA) is 30.8 Å². The quantitative estimate of drug-likeness (QED) is 0.824. The average Bonchev–Trinajstić information content (AvgIpc) is 2.85. The van der Waals surface area contributed by atoms with Gasteiger partial charge < -0.3 is 9.47 Å². The van der Waals surface area contributed by atoms with Gasteiger partial charge in [0.05, 0.1) is 12.6 Å². The van der Waals surface area contributed by atoms with Crippen LogP contribution in [0.25, 0.3) is 0 Å². The van der Waals surface area contributed by atoms with Crippen LogP contribution in [-0.4, -0.2) is 18.5 Å². The van der Waals surface area contributed by atoms with Crippen molar-refractivity contribution in [2.45, 2.75) is 32.4 Å². The summed E-state index contributed by atoms with van der Waals surface area (Å²) in [6.07, 6.45) is -0.108. The van der Waals surface area contributed by atoms with Gasteiger partial charge >= 0.3 is 0 Å². The zero-order chi connectivity index (χ0) is 15.7. The molecule has 1 aliphatic rings. The fraction of sp³-hybridized carbons (Fsp3) is 0.316. The van der Waals surface area contributed by atoms with Gasteiger partial charge in [-0.25, -0.2) is 4.99 Å². The van der Waals surface area contributed by atoms with Crippen molar-refractivity contribution in [2.75, 3.05) is 7.11 Å². The number of ether oxygens (including phenoxy) is 2. The predicted octanol–water partition coefficient (Wildman–Crippen LogP) is 4.36. The molecule has 22 heavy (non-hydrogen) atoms. The molecule has 1 aliphatic heterocycles. The molecule has 3 rings (SSSR count). The first kappa shape index (κ1) is 14.6. The van der Waals surface area contributed by atoms with Crippen molar-refractivity contribution in [2.24, 2.45) is 4.99 Å². The van der Waals surface area contributed by atoms with Crippen LogP contribution >= 0.6 is 0 Å². The van der Waals surface area contributed by atoms with E-state index in [-0.39, 0.29) is 11.6 Å². The smallest absolute Gasteiger partial charge is 0.217 e. The van der Waals surface area contributed by atoms with Gasteiger partial charge in [0.15, 0.2) is 6.10 Å². The molecule has 0 spiro atoms. The molecular formula is C19H21NO2. The molecule has 2 aromatic carbocycles. The molecule has 0 fully saturated rings. The average molecular weight is 295 g/mol. The molecule has 3 nitrogen and oxygen atoms in total. The first-order valence-electron chi connectivity index (χ1n) is 7.48. The maximum Gasteiger partial charge on any atom is 0.217 e. The molecule has 1 heterocycles. The third-order valence-electron chi connectivity index (χ3n) is 3.56. The monoisotopic (exact) mass is 295 g/mol. The number of aliphatic imine (C=N–C) groups is 1. The van der Waals surface area contributed by atoms with Gasteiger partial charge in [-0.15, -0.1) is 0 Å². The summed E-state index contributed by atoms with van der Waals surface area (Å²) in [6, 6.07) is 16.2. The Balaban J connectivity index is 2.02. The second-order valence-electron chi connectivity index (χ2n) is 6.45. The second kappa shape index (κ2) is 5.48. The molecule has 0 amide bonds. The van der Waals surface area contributed by atoms with Crippen LogP contribution in [0.4, 0.5) is 0 Å². The summed E-state index contributed by atoms with van der Waals surface area (Å²) in [5, 5.41) is 0. The Labute approximate surface area is 131 Å². The Hall–Kier alpha value is -2.29. The highest BCUT2D eigenvalue weighted by Gasteiger charge is 2.31. The SMILES string of the molecule is COc1ccc(C2OC(=NC(C)(C)C)c3ccccc32)cc1. The van der Waals surface area contributed by atoms with Crippen molar-refractivity contribution < 1.29 is 9.47 Å². The van der Waals surface area contributed by atoms with Gasteiger partial charge in [-0.2, -0.15) is 0 Å². The molecule has 1 unspecified atom stereocenters. The number of nitrogens with zero attached hydrogens (tertiary/aromatic N) is 1. The lowest BCUT2D eigenvalue weighted by Crippen LogP contribution is -2.14. The van der Waals surface area contributed by atoms with E-state index >= 15 is 0 Å². The van der Waals surface area contributed by atoms with Crippen molar-refractivity contribution in [1.29, 1.82) is 0 Å². The highest BCUT2D eigenvalue weighted by Crippen LogP contribution is 2.37. The lowest BCUT2D eigenvalue weighted by atomic mass is 9.99. The van der Waals surface area contributed by atoms with Gasteiger partial charge in [0.2, 0.25) is 5.90 Å². The van der Waals surface area contributed by atoms with Crippen LogP contribution in [-0.2, 0) is 4.74 Å². The van der Waals surface area contributed by atoms with Gasteiger partial charge in [-0.05, 0) is 44.5 Å². The maximum atomic E-state index is 6.18. The van der Waals surface area contributed by atoms with Crippen molar-refractivity contribution in [3.63, 3.8) is 0 Å². The highest BCUT2D eigenvalue weighted by atomic mass is 16.5. The Morgan fingerprint density at radius 2 is 1.68 bits per heavy atom. The van der Waals surface area contributed by atoms with Crippen LogP contribution in [0.3, 0.4) is 0 Å².